The Kier molecular flexibility index (Phi) is 10.1. The van der Waals surface area contributed by atoms with Gasteiger partial charge < -0.3 is 10.6 Å². The first kappa shape index (κ1) is 25.0. The molecule has 0 aliphatic carbocycles. The molecule has 0 radical (unpaired) electrons. The average Bonchev–Trinajstić information content (AvgIpc) is 2.75. The van der Waals surface area contributed by atoms with Crippen LogP contribution in [0.15, 0.2) is 53.5 Å². The topological polar surface area (TPSA) is 82.8 Å². The third kappa shape index (κ3) is 8.06. The molecule has 1 heterocycles. The molecule has 0 amide bonds. The van der Waals surface area contributed by atoms with Gasteiger partial charge >= 0.3 is 0 Å². The Bertz CT molecular complexity index is 870. The van der Waals surface area contributed by atoms with Gasteiger partial charge in [0, 0.05) is 44.4 Å². The largest absolute Gasteiger partial charge is 0.357 e. The molecule has 1 fully saturated rings. The zero-order valence-electron chi connectivity index (χ0n) is 17.6. The summed E-state index contributed by atoms with van der Waals surface area (Å²) in [7, 11) is 0. The summed E-state index contributed by atoms with van der Waals surface area (Å²) in [6.07, 6.45) is 1.98. The minimum Gasteiger partial charge on any atom is -0.357 e. The summed E-state index contributed by atoms with van der Waals surface area (Å²) in [4.78, 5) is 17.5. The lowest BCUT2D eigenvalue weighted by molar-refractivity contribution is -0.384. The number of nitrogens with zero attached hydrogens (tertiary/aromatic N) is 3. The van der Waals surface area contributed by atoms with Gasteiger partial charge in [0.05, 0.1) is 11.5 Å². The number of piperidine rings is 1. The Hall–Kier alpha value is -2.27. The van der Waals surface area contributed by atoms with Crippen molar-refractivity contribution in [1.82, 2.24) is 15.5 Å². The van der Waals surface area contributed by atoms with E-state index in [0.29, 0.717) is 12.6 Å². The van der Waals surface area contributed by atoms with Crippen LogP contribution in [0.4, 0.5) is 10.1 Å². The zero-order valence-corrected chi connectivity index (χ0v) is 19.9. The molecule has 3 rings (SSSR count). The second-order valence-electron chi connectivity index (χ2n) is 7.44. The third-order valence-electron chi connectivity index (χ3n) is 5.13. The fraction of sp³-hybridized carbons (Fsp3) is 0.409. The predicted octanol–water partition coefficient (Wildman–Crippen LogP) is 4.07. The van der Waals surface area contributed by atoms with E-state index in [0.717, 1.165) is 56.1 Å². The van der Waals surface area contributed by atoms with E-state index in [2.05, 4.69) is 20.5 Å². The molecule has 0 atom stereocenters. The van der Waals surface area contributed by atoms with Crippen molar-refractivity contribution in [3.8, 4) is 0 Å². The molecule has 0 bridgehead atoms. The number of likely N-dealkylation sites (tertiary alicyclic amines) is 1. The van der Waals surface area contributed by atoms with Crippen molar-refractivity contribution >= 4 is 35.6 Å². The van der Waals surface area contributed by atoms with E-state index in [4.69, 9.17) is 0 Å². The molecular formula is C22H29FIN5O2. The molecular weight excluding hydrogens is 512 g/mol. The molecule has 7 nitrogen and oxygen atoms in total. The monoisotopic (exact) mass is 541 g/mol. The van der Waals surface area contributed by atoms with Crippen LogP contribution in [0.1, 0.15) is 30.9 Å². The van der Waals surface area contributed by atoms with Crippen LogP contribution in [0.25, 0.3) is 0 Å². The van der Waals surface area contributed by atoms with Crippen LogP contribution in [0, 0.1) is 15.9 Å². The molecule has 2 aromatic rings. The summed E-state index contributed by atoms with van der Waals surface area (Å²) in [6, 6.07) is 13.6. The van der Waals surface area contributed by atoms with Crippen molar-refractivity contribution < 1.29 is 9.31 Å². The number of aliphatic imine (C=N–C) groups is 1. The fourth-order valence-electron chi connectivity index (χ4n) is 3.54. The maximum absolute atomic E-state index is 13.1. The molecule has 9 heteroatoms. The van der Waals surface area contributed by atoms with Crippen molar-refractivity contribution in [3.63, 3.8) is 0 Å². The summed E-state index contributed by atoms with van der Waals surface area (Å²) in [5, 5.41) is 17.7. The highest BCUT2D eigenvalue weighted by molar-refractivity contribution is 14.0. The van der Waals surface area contributed by atoms with Gasteiger partial charge in [-0.2, -0.15) is 0 Å². The smallest absolute Gasteiger partial charge is 0.269 e. The van der Waals surface area contributed by atoms with E-state index in [1.807, 2.05) is 25.1 Å². The number of rotatable bonds is 7. The number of non-ortho nitro benzene ring substituents is 1. The lowest BCUT2D eigenvalue weighted by Crippen LogP contribution is -2.48. The van der Waals surface area contributed by atoms with Crippen LogP contribution in [-0.4, -0.2) is 41.5 Å². The van der Waals surface area contributed by atoms with Crippen molar-refractivity contribution in [3.05, 3.63) is 75.6 Å². The number of halogens is 2. The minimum absolute atomic E-state index is 0. The third-order valence-corrected chi connectivity index (χ3v) is 5.13. The Morgan fingerprint density at radius 2 is 1.90 bits per heavy atom. The lowest BCUT2D eigenvalue weighted by atomic mass is 10.0. The number of hydrogen-bond acceptors (Lipinski definition) is 4. The number of benzene rings is 2. The zero-order chi connectivity index (χ0) is 21.3. The second-order valence-corrected chi connectivity index (χ2v) is 7.44. The van der Waals surface area contributed by atoms with Gasteiger partial charge in [-0.3, -0.25) is 15.0 Å². The molecule has 2 aromatic carbocycles. The maximum Gasteiger partial charge on any atom is 0.269 e. The van der Waals surface area contributed by atoms with Crippen LogP contribution in [-0.2, 0) is 13.1 Å². The molecule has 0 unspecified atom stereocenters. The van der Waals surface area contributed by atoms with Gasteiger partial charge in [-0.05, 0) is 43.0 Å². The Morgan fingerprint density at radius 3 is 2.55 bits per heavy atom. The minimum atomic E-state index is -0.392. The Labute approximate surface area is 199 Å². The number of nitro groups is 1. The predicted molar refractivity (Wildman–Crippen MR) is 131 cm³/mol. The van der Waals surface area contributed by atoms with E-state index >= 15 is 0 Å². The quantitative estimate of drug-likeness (QED) is 0.182. The molecule has 0 spiro atoms. The van der Waals surface area contributed by atoms with Crippen LogP contribution < -0.4 is 10.6 Å². The standard InChI is InChI=1S/C22H28FN5O2.HI/c1-2-24-22(25-15-18-4-3-5-21(14-18)28(29)30)26-20-10-12-27(13-11-20)16-17-6-8-19(23)9-7-17;/h3-9,14,20H,2,10-13,15-16H2,1H3,(H2,24,25,26);1H. The summed E-state index contributed by atoms with van der Waals surface area (Å²) in [5.74, 6) is 0.517. The van der Waals surface area contributed by atoms with E-state index in [1.165, 1.54) is 18.2 Å². The van der Waals surface area contributed by atoms with Gasteiger partial charge in [-0.25, -0.2) is 9.38 Å². The van der Waals surface area contributed by atoms with Crippen LogP contribution in [0.3, 0.4) is 0 Å². The highest BCUT2D eigenvalue weighted by atomic mass is 127. The molecule has 0 saturated carbocycles. The lowest BCUT2D eigenvalue weighted by Gasteiger charge is -2.33. The van der Waals surface area contributed by atoms with Crippen LogP contribution >= 0.6 is 24.0 Å². The molecule has 1 aliphatic rings. The van der Waals surface area contributed by atoms with Crippen molar-refractivity contribution in [2.75, 3.05) is 19.6 Å². The summed E-state index contributed by atoms with van der Waals surface area (Å²) in [6.45, 7) is 5.87. The van der Waals surface area contributed by atoms with E-state index in [9.17, 15) is 14.5 Å². The SMILES string of the molecule is CCNC(=NCc1cccc([N+](=O)[O-])c1)NC1CCN(Cc2ccc(F)cc2)CC1.I. The first-order valence-electron chi connectivity index (χ1n) is 10.3. The first-order chi connectivity index (χ1) is 14.5. The molecule has 31 heavy (non-hydrogen) atoms. The van der Waals surface area contributed by atoms with Crippen LogP contribution in [0.5, 0.6) is 0 Å². The molecule has 168 valence electrons. The van der Waals surface area contributed by atoms with E-state index < -0.39 is 4.92 Å². The highest BCUT2D eigenvalue weighted by Gasteiger charge is 2.20. The maximum atomic E-state index is 13.1. The summed E-state index contributed by atoms with van der Waals surface area (Å²) >= 11 is 0. The van der Waals surface area contributed by atoms with Gasteiger partial charge in [0.25, 0.3) is 5.69 Å². The number of nitro benzene ring substituents is 1. The van der Waals surface area contributed by atoms with Gasteiger partial charge in [-0.1, -0.05) is 24.3 Å². The Morgan fingerprint density at radius 1 is 1.19 bits per heavy atom. The fourth-order valence-corrected chi connectivity index (χ4v) is 3.54. The van der Waals surface area contributed by atoms with E-state index in [-0.39, 0.29) is 35.5 Å². The van der Waals surface area contributed by atoms with Gasteiger partial charge in [-0.15, -0.1) is 24.0 Å². The summed E-state index contributed by atoms with van der Waals surface area (Å²) < 4.78 is 13.1. The number of nitrogens with one attached hydrogen (secondary N) is 2. The average molecular weight is 541 g/mol. The van der Waals surface area contributed by atoms with Crippen molar-refractivity contribution in [2.24, 2.45) is 4.99 Å². The van der Waals surface area contributed by atoms with Gasteiger partial charge in [0.15, 0.2) is 5.96 Å². The second kappa shape index (κ2) is 12.6. The van der Waals surface area contributed by atoms with E-state index in [1.54, 1.807) is 12.1 Å². The number of guanidine groups is 1. The van der Waals surface area contributed by atoms with Crippen molar-refractivity contribution in [1.29, 1.82) is 0 Å². The molecule has 1 aliphatic heterocycles. The van der Waals surface area contributed by atoms with Crippen LogP contribution in [0.2, 0.25) is 0 Å². The normalized spacial score (nSPS) is 15.2. The molecule has 2 N–H and O–H groups in total. The van der Waals surface area contributed by atoms with Gasteiger partial charge in [0.1, 0.15) is 5.82 Å². The highest BCUT2D eigenvalue weighted by Crippen LogP contribution is 2.15. The first-order valence-corrected chi connectivity index (χ1v) is 10.3. The molecule has 1 saturated heterocycles. The Balaban J connectivity index is 0.00000341. The molecule has 0 aromatic heterocycles. The van der Waals surface area contributed by atoms with Crippen molar-refractivity contribution in [2.45, 2.75) is 38.9 Å². The number of hydrogen-bond donors (Lipinski definition) is 2. The van der Waals surface area contributed by atoms with Gasteiger partial charge in [0.2, 0.25) is 0 Å². The summed E-state index contributed by atoms with van der Waals surface area (Å²) in [5.41, 5.74) is 2.00.